The van der Waals surface area contributed by atoms with E-state index in [1.165, 1.54) is 17.3 Å². The smallest absolute Gasteiger partial charge is 0.161 e. The van der Waals surface area contributed by atoms with Crippen molar-refractivity contribution in [2.24, 2.45) is 5.10 Å². The van der Waals surface area contributed by atoms with Crippen LogP contribution in [0.15, 0.2) is 36.0 Å². The zero-order valence-corrected chi connectivity index (χ0v) is 11.9. The number of hydrogen-bond donors (Lipinski definition) is 0. The lowest BCUT2D eigenvalue weighted by molar-refractivity contribution is 0.224. The highest BCUT2D eigenvalue weighted by atomic mass is 16.5. The van der Waals surface area contributed by atoms with Crippen molar-refractivity contribution in [2.75, 3.05) is 6.61 Å². The molecule has 0 atom stereocenters. The lowest BCUT2D eigenvalue weighted by atomic mass is 10.2. The number of nitrogens with zero attached hydrogens (tertiary/aromatic N) is 4. The normalized spacial score (nSPS) is 11.2. The molecule has 0 saturated carbocycles. The summed E-state index contributed by atoms with van der Waals surface area (Å²) in [4.78, 5) is 0. The van der Waals surface area contributed by atoms with Gasteiger partial charge in [-0.15, -0.1) is 10.2 Å². The molecule has 0 N–H and O–H groups in total. The van der Waals surface area contributed by atoms with Gasteiger partial charge < -0.3 is 9.47 Å². The van der Waals surface area contributed by atoms with Crippen LogP contribution in [0.1, 0.15) is 26.3 Å². The molecule has 0 aliphatic rings. The molecule has 1 aromatic carbocycles. The summed E-state index contributed by atoms with van der Waals surface area (Å²) in [5.41, 5.74) is 0.915. The van der Waals surface area contributed by atoms with Crippen molar-refractivity contribution in [1.29, 1.82) is 0 Å². The summed E-state index contributed by atoms with van der Waals surface area (Å²) in [5, 5.41) is 11.6. The summed E-state index contributed by atoms with van der Waals surface area (Å²) in [7, 11) is 0. The van der Waals surface area contributed by atoms with Gasteiger partial charge in [0.25, 0.3) is 0 Å². The molecule has 0 bridgehead atoms. The largest absolute Gasteiger partial charge is 0.490 e. The molecule has 0 aliphatic heterocycles. The molecule has 0 radical (unpaired) electrons. The minimum absolute atomic E-state index is 0.103. The second-order valence-corrected chi connectivity index (χ2v) is 4.39. The van der Waals surface area contributed by atoms with Gasteiger partial charge in [0.1, 0.15) is 12.7 Å². The van der Waals surface area contributed by atoms with Crippen molar-refractivity contribution in [2.45, 2.75) is 26.9 Å². The van der Waals surface area contributed by atoms with E-state index in [1.807, 2.05) is 39.0 Å². The fraction of sp³-hybridized carbons (Fsp3) is 0.357. The number of hydrogen-bond acceptors (Lipinski definition) is 5. The van der Waals surface area contributed by atoms with E-state index in [-0.39, 0.29) is 6.10 Å². The molecule has 0 aliphatic carbocycles. The van der Waals surface area contributed by atoms with Crippen LogP contribution in [-0.2, 0) is 0 Å². The number of aromatic nitrogens is 3. The summed E-state index contributed by atoms with van der Waals surface area (Å²) in [6.45, 7) is 6.49. The predicted molar refractivity (Wildman–Crippen MR) is 76.4 cm³/mol. The molecule has 0 amide bonds. The highest BCUT2D eigenvalue weighted by Crippen LogP contribution is 2.28. The van der Waals surface area contributed by atoms with Crippen molar-refractivity contribution in [3.8, 4) is 11.5 Å². The van der Waals surface area contributed by atoms with Crippen molar-refractivity contribution in [1.82, 2.24) is 14.9 Å². The van der Waals surface area contributed by atoms with Crippen LogP contribution in [0.2, 0.25) is 0 Å². The van der Waals surface area contributed by atoms with E-state index >= 15 is 0 Å². The maximum absolute atomic E-state index is 5.71. The van der Waals surface area contributed by atoms with Gasteiger partial charge in [0.2, 0.25) is 0 Å². The maximum Gasteiger partial charge on any atom is 0.161 e. The summed E-state index contributed by atoms with van der Waals surface area (Å²) >= 11 is 0. The SMILES string of the molecule is CCOc1cc(/C=N/n2cnnc2)ccc1OC(C)C. The van der Waals surface area contributed by atoms with Gasteiger partial charge in [-0.25, -0.2) is 4.68 Å². The Morgan fingerprint density at radius 2 is 2.00 bits per heavy atom. The van der Waals surface area contributed by atoms with Gasteiger partial charge in [-0.05, 0) is 44.5 Å². The minimum atomic E-state index is 0.103. The molecule has 1 heterocycles. The van der Waals surface area contributed by atoms with Gasteiger partial charge in [-0.3, -0.25) is 0 Å². The fourth-order valence-electron chi connectivity index (χ4n) is 1.61. The molecule has 1 aromatic heterocycles. The first kappa shape index (κ1) is 14.0. The van der Waals surface area contributed by atoms with Crippen molar-refractivity contribution >= 4 is 6.21 Å². The summed E-state index contributed by atoms with van der Waals surface area (Å²) in [6, 6.07) is 5.71. The molecule has 0 saturated heterocycles. The third-order valence-electron chi connectivity index (χ3n) is 2.38. The third kappa shape index (κ3) is 3.81. The summed E-state index contributed by atoms with van der Waals surface area (Å²) < 4.78 is 12.8. The van der Waals surface area contributed by atoms with Gasteiger partial charge in [0, 0.05) is 0 Å². The van der Waals surface area contributed by atoms with E-state index in [2.05, 4.69) is 15.3 Å². The van der Waals surface area contributed by atoms with Crippen LogP contribution >= 0.6 is 0 Å². The quantitative estimate of drug-likeness (QED) is 0.759. The van der Waals surface area contributed by atoms with Gasteiger partial charge in [0.15, 0.2) is 11.5 Å². The van der Waals surface area contributed by atoms with Crippen molar-refractivity contribution < 1.29 is 9.47 Å². The topological polar surface area (TPSA) is 61.5 Å². The number of benzene rings is 1. The van der Waals surface area contributed by atoms with Gasteiger partial charge in [-0.1, -0.05) is 0 Å². The van der Waals surface area contributed by atoms with Gasteiger partial charge in [-0.2, -0.15) is 5.10 Å². The van der Waals surface area contributed by atoms with Crippen LogP contribution in [0.25, 0.3) is 0 Å². The zero-order valence-electron chi connectivity index (χ0n) is 11.9. The minimum Gasteiger partial charge on any atom is -0.490 e. The molecule has 0 spiro atoms. The molecule has 0 fully saturated rings. The second kappa shape index (κ2) is 6.70. The Balaban J connectivity index is 2.20. The standard InChI is InChI=1S/C14H18N4O2/c1-4-19-14-7-12(5-6-13(14)20-11(2)3)8-17-18-9-15-16-10-18/h5-11H,4H2,1-3H3/b17-8+. The molecule has 6 nitrogen and oxygen atoms in total. The second-order valence-electron chi connectivity index (χ2n) is 4.39. The third-order valence-corrected chi connectivity index (χ3v) is 2.38. The molecular formula is C14H18N4O2. The van der Waals surface area contributed by atoms with E-state index in [4.69, 9.17) is 9.47 Å². The average Bonchev–Trinajstić information content (AvgIpc) is 2.92. The summed E-state index contributed by atoms with van der Waals surface area (Å²) in [6.07, 6.45) is 4.86. The van der Waals surface area contributed by atoms with Crippen LogP contribution in [0.5, 0.6) is 11.5 Å². The molecule has 0 unspecified atom stereocenters. The zero-order chi connectivity index (χ0) is 14.4. The maximum atomic E-state index is 5.71. The Bertz CT molecular complexity index is 565. The molecule has 6 heteroatoms. The Hall–Kier alpha value is -2.37. The van der Waals surface area contributed by atoms with E-state index in [0.29, 0.717) is 12.4 Å². The molecule has 2 rings (SSSR count). The molecule has 20 heavy (non-hydrogen) atoms. The lowest BCUT2D eigenvalue weighted by Gasteiger charge is -2.14. The Kier molecular flexibility index (Phi) is 4.70. The van der Waals surface area contributed by atoms with Crippen molar-refractivity contribution in [3.05, 3.63) is 36.4 Å². The average molecular weight is 274 g/mol. The predicted octanol–water partition coefficient (Wildman–Crippen LogP) is 2.35. The van der Waals surface area contributed by atoms with Crippen molar-refractivity contribution in [3.63, 3.8) is 0 Å². The van der Waals surface area contributed by atoms with Crippen LogP contribution < -0.4 is 9.47 Å². The van der Waals surface area contributed by atoms with Gasteiger partial charge in [0.05, 0.1) is 18.9 Å². The van der Waals surface area contributed by atoms with Crippen LogP contribution in [0.4, 0.5) is 0 Å². The first-order chi connectivity index (χ1) is 9.69. The molecule has 2 aromatic rings. The van der Waals surface area contributed by atoms with E-state index in [1.54, 1.807) is 6.21 Å². The van der Waals surface area contributed by atoms with E-state index in [0.717, 1.165) is 11.3 Å². The number of ether oxygens (including phenoxy) is 2. The highest BCUT2D eigenvalue weighted by molar-refractivity contribution is 5.80. The fourth-order valence-corrected chi connectivity index (χ4v) is 1.61. The number of rotatable bonds is 6. The summed E-state index contributed by atoms with van der Waals surface area (Å²) in [5.74, 6) is 1.46. The van der Waals surface area contributed by atoms with Crippen LogP contribution in [-0.4, -0.2) is 33.8 Å². The molecular weight excluding hydrogens is 256 g/mol. The Morgan fingerprint density at radius 1 is 1.25 bits per heavy atom. The highest BCUT2D eigenvalue weighted by Gasteiger charge is 2.07. The first-order valence-corrected chi connectivity index (χ1v) is 6.51. The Morgan fingerprint density at radius 3 is 2.65 bits per heavy atom. The first-order valence-electron chi connectivity index (χ1n) is 6.51. The monoisotopic (exact) mass is 274 g/mol. The molecule has 106 valence electrons. The Labute approximate surface area is 118 Å². The van der Waals surface area contributed by atoms with E-state index < -0.39 is 0 Å². The lowest BCUT2D eigenvalue weighted by Crippen LogP contribution is -2.07. The van der Waals surface area contributed by atoms with Crippen LogP contribution in [0, 0.1) is 0 Å². The van der Waals surface area contributed by atoms with Gasteiger partial charge >= 0.3 is 0 Å². The van der Waals surface area contributed by atoms with E-state index in [9.17, 15) is 0 Å². The van der Waals surface area contributed by atoms with Crippen LogP contribution in [0.3, 0.4) is 0 Å².